The van der Waals surface area contributed by atoms with Gasteiger partial charge in [-0.2, -0.15) is 4.40 Å². The number of anilines is 1. The number of methoxy groups -OCH3 is 1. The number of nitrogen functional groups attached to an aromatic ring is 1. The number of carboxylic acid groups (broad SMARTS) is 1. The number of oxime groups is 1. The number of imidazole rings is 1. The van der Waals surface area contributed by atoms with Gasteiger partial charge in [-0.1, -0.05) is 5.16 Å². The van der Waals surface area contributed by atoms with Gasteiger partial charge in [0.15, 0.2) is 10.8 Å². The molecule has 2 amide bonds. The first kappa shape index (κ1) is 24.6. The van der Waals surface area contributed by atoms with E-state index in [1.807, 2.05) is 33.4 Å². The molecule has 192 valence electrons. The number of thiazole rings is 1. The fourth-order valence-corrected chi connectivity index (χ4v) is 6.18. The van der Waals surface area contributed by atoms with E-state index in [1.54, 1.807) is 18.7 Å². The first-order valence-corrected chi connectivity index (χ1v) is 12.8. The van der Waals surface area contributed by atoms with Crippen LogP contribution in [0.4, 0.5) is 5.13 Å². The molecule has 13 nitrogen and oxygen atoms in total. The number of carboxylic acids is 1. The van der Waals surface area contributed by atoms with Gasteiger partial charge in [-0.3, -0.25) is 14.5 Å². The van der Waals surface area contributed by atoms with Crippen LogP contribution in [-0.2, 0) is 25.8 Å². The first-order chi connectivity index (χ1) is 17.8. The predicted octanol–water partition coefficient (Wildman–Crippen LogP) is -1.27. The minimum Gasteiger partial charge on any atom is -0.543 e. The minimum atomic E-state index is -1.46. The Kier molecular flexibility index (Phi) is 6.47. The number of pyridine rings is 1. The van der Waals surface area contributed by atoms with Crippen molar-refractivity contribution in [2.24, 2.45) is 5.16 Å². The van der Waals surface area contributed by atoms with E-state index in [-0.39, 0.29) is 28.8 Å². The topological polar surface area (TPSA) is 168 Å². The Bertz CT molecular complexity index is 1480. The lowest BCUT2D eigenvalue weighted by atomic mass is 10.0. The average molecular weight is 544 g/mol. The van der Waals surface area contributed by atoms with E-state index in [0.717, 1.165) is 21.9 Å². The van der Waals surface area contributed by atoms with Crippen molar-refractivity contribution in [1.82, 2.24) is 19.6 Å². The van der Waals surface area contributed by atoms with Crippen LogP contribution in [0.3, 0.4) is 0 Å². The molecule has 15 heteroatoms. The number of aliphatic carboxylic acids is 1. The highest BCUT2D eigenvalue weighted by Crippen LogP contribution is 2.40. The third-order valence-corrected chi connectivity index (χ3v) is 7.93. The highest BCUT2D eigenvalue weighted by molar-refractivity contribution is 8.00. The summed E-state index contributed by atoms with van der Waals surface area (Å²) in [6.07, 6.45) is 3.61. The summed E-state index contributed by atoms with van der Waals surface area (Å²) in [5, 5.41) is 19.7. The number of ether oxygens (including phenoxy) is 1. The second-order valence-electron chi connectivity index (χ2n) is 8.02. The highest BCUT2D eigenvalue weighted by Gasteiger charge is 2.53. The van der Waals surface area contributed by atoms with Crippen molar-refractivity contribution in [2.75, 3.05) is 25.7 Å². The van der Waals surface area contributed by atoms with Crippen molar-refractivity contribution < 1.29 is 33.6 Å². The molecule has 2 aliphatic rings. The monoisotopic (exact) mass is 543 g/mol. The summed E-state index contributed by atoms with van der Waals surface area (Å²) >= 11 is 2.47. The number of fused-ring (bicyclic) bond motifs is 2. The normalized spacial score (nSPS) is 19.5. The summed E-state index contributed by atoms with van der Waals surface area (Å²) in [5.41, 5.74) is 6.81. The minimum absolute atomic E-state index is 0.147. The zero-order valence-electron chi connectivity index (χ0n) is 19.6. The van der Waals surface area contributed by atoms with Crippen molar-refractivity contribution in [3.05, 3.63) is 52.9 Å². The molecule has 3 aromatic heterocycles. The van der Waals surface area contributed by atoms with Gasteiger partial charge in [-0.05, 0) is 6.07 Å². The molecule has 1 saturated heterocycles. The Morgan fingerprint density at radius 2 is 2.19 bits per heavy atom. The van der Waals surface area contributed by atoms with Crippen LogP contribution in [0.2, 0.25) is 0 Å². The summed E-state index contributed by atoms with van der Waals surface area (Å²) < 4.78 is 9.05. The van der Waals surface area contributed by atoms with Crippen LogP contribution in [0.15, 0.2) is 52.4 Å². The zero-order chi connectivity index (χ0) is 26.3. The number of β-lactam (4-membered cyclic amide) rings is 1. The third kappa shape index (κ3) is 4.25. The Hall–Kier alpha value is -4.11. The average Bonchev–Trinajstić information content (AvgIpc) is 3.51. The summed E-state index contributed by atoms with van der Waals surface area (Å²) in [7, 11) is 2.84. The van der Waals surface area contributed by atoms with Crippen molar-refractivity contribution >= 4 is 57.4 Å². The maximum Gasteiger partial charge on any atom is 0.289 e. The number of hydrogen-bond donors (Lipinski definition) is 2. The molecule has 2 aliphatic heterocycles. The molecule has 37 heavy (non-hydrogen) atoms. The number of carbonyl (C=O) groups excluding carboxylic acids is 3. The summed E-state index contributed by atoms with van der Waals surface area (Å²) in [5.74, 6) is -1.78. The first-order valence-electron chi connectivity index (χ1n) is 10.9. The molecular weight excluding hydrogens is 522 g/mol. The standard InChI is InChI=1S/C22H21N7O6S2/c1-34-14-5-3-4-13-27(6-7-28(13)14)8-11-9-36-20-16(19(31)29(20)17(11)21(32)33)25-18(30)15(26-35-2)12-10-37-22(23)24-12/h3-7,10,16,20H,8-9H2,1-2H3,(H3-,23,24,25,30,32,33)/b26-15-/t16-,20-/m1/s1. The van der Waals surface area contributed by atoms with Crippen molar-refractivity contribution in [1.29, 1.82) is 0 Å². The van der Waals surface area contributed by atoms with Crippen LogP contribution < -0.4 is 25.5 Å². The van der Waals surface area contributed by atoms with Crippen LogP contribution in [0.25, 0.3) is 5.65 Å². The van der Waals surface area contributed by atoms with Gasteiger partial charge < -0.3 is 30.5 Å². The maximum absolute atomic E-state index is 13.1. The second kappa shape index (κ2) is 9.74. The molecule has 0 saturated carbocycles. The van der Waals surface area contributed by atoms with Crippen molar-refractivity contribution in [3.63, 3.8) is 0 Å². The highest BCUT2D eigenvalue weighted by atomic mass is 32.2. The fourth-order valence-electron chi connectivity index (χ4n) is 4.30. The van der Waals surface area contributed by atoms with Gasteiger partial charge in [-0.15, -0.1) is 23.1 Å². The number of thioether (sulfide) groups is 1. The van der Waals surface area contributed by atoms with E-state index >= 15 is 0 Å². The molecular formula is C22H21N7O6S2. The molecule has 1 fully saturated rings. The van der Waals surface area contributed by atoms with E-state index in [2.05, 4.69) is 15.5 Å². The van der Waals surface area contributed by atoms with Crippen LogP contribution in [0.1, 0.15) is 5.69 Å². The van der Waals surface area contributed by atoms with Crippen molar-refractivity contribution in [2.45, 2.75) is 18.0 Å². The van der Waals surface area contributed by atoms with E-state index in [0.29, 0.717) is 17.2 Å². The number of nitrogens with two attached hydrogens (primary N) is 1. The number of nitrogens with one attached hydrogen (secondary N) is 1. The van der Waals surface area contributed by atoms with E-state index in [4.69, 9.17) is 15.3 Å². The fraction of sp³-hybridized carbons (Fsp3) is 0.273. The van der Waals surface area contributed by atoms with E-state index in [9.17, 15) is 19.5 Å². The molecule has 0 aliphatic carbocycles. The number of rotatable bonds is 8. The SMILES string of the molecule is CO/N=C(\C(=O)N[C@@H]1C(=O)N2C(C(=O)[O-])=C(C[n+]3ccn4c(OC)cccc43)CS[C@H]12)c1csc(N)n1. The molecule has 3 N–H and O–H groups in total. The molecule has 5 rings (SSSR count). The Morgan fingerprint density at radius 1 is 1.38 bits per heavy atom. The molecule has 0 aromatic carbocycles. The smallest absolute Gasteiger partial charge is 0.289 e. The summed E-state index contributed by atoms with van der Waals surface area (Å²) in [4.78, 5) is 48.1. The van der Waals surface area contributed by atoms with Crippen LogP contribution in [0.5, 0.6) is 5.88 Å². The number of amides is 2. The maximum atomic E-state index is 13.1. The van der Waals surface area contributed by atoms with E-state index in [1.165, 1.54) is 18.9 Å². The van der Waals surface area contributed by atoms with Crippen LogP contribution in [-0.4, -0.2) is 69.2 Å². The molecule has 2 atom stereocenters. The second-order valence-corrected chi connectivity index (χ2v) is 10.0. The van der Waals surface area contributed by atoms with Gasteiger partial charge in [0.05, 0.1) is 18.8 Å². The summed E-state index contributed by atoms with van der Waals surface area (Å²) in [6.45, 7) is 0.226. The van der Waals surface area contributed by atoms with Crippen LogP contribution in [0, 0.1) is 0 Å². The largest absolute Gasteiger partial charge is 0.543 e. The lowest BCUT2D eigenvalue weighted by Crippen LogP contribution is -2.71. The number of carbonyl (C=O) groups is 3. The lowest BCUT2D eigenvalue weighted by molar-refractivity contribution is -0.662. The molecule has 0 unspecified atom stereocenters. The van der Waals surface area contributed by atoms with Gasteiger partial charge in [0.25, 0.3) is 23.3 Å². The molecule has 5 heterocycles. The molecule has 0 bridgehead atoms. The Morgan fingerprint density at radius 3 is 2.86 bits per heavy atom. The van der Waals surface area contributed by atoms with Gasteiger partial charge in [-0.25, -0.2) is 9.55 Å². The Balaban J connectivity index is 1.38. The predicted molar refractivity (Wildman–Crippen MR) is 131 cm³/mol. The van der Waals surface area contributed by atoms with Gasteiger partial charge in [0, 0.05) is 28.8 Å². The number of aromatic nitrogens is 3. The molecule has 0 radical (unpaired) electrons. The number of nitrogens with zero attached hydrogens (tertiary/aromatic N) is 5. The van der Waals surface area contributed by atoms with Crippen molar-refractivity contribution in [3.8, 4) is 5.88 Å². The molecule has 0 spiro atoms. The number of hydrogen-bond acceptors (Lipinski definition) is 11. The zero-order valence-corrected chi connectivity index (χ0v) is 21.2. The molecule has 3 aromatic rings. The van der Waals surface area contributed by atoms with Gasteiger partial charge in [0.2, 0.25) is 0 Å². The Labute approximate surface area is 218 Å². The van der Waals surface area contributed by atoms with Crippen LogP contribution >= 0.6 is 23.1 Å². The van der Waals surface area contributed by atoms with E-state index < -0.39 is 29.2 Å². The quantitative estimate of drug-likeness (QED) is 0.152. The van der Waals surface area contributed by atoms with Gasteiger partial charge >= 0.3 is 0 Å². The summed E-state index contributed by atoms with van der Waals surface area (Å²) in [6, 6.07) is 4.55. The third-order valence-electron chi connectivity index (χ3n) is 5.92. The lowest BCUT2D eigenvalue weighted by Gasteiger charge is -2.50. The van der Waals surface area contributed by atoms with Gasteiger partial charge in [0.1, 0.15) is 43.2 Å².